The highest BCUT2D eigenvalue weighted by molar-refractivity contribution is 14.1. The maximum absolute atomic E-state index is 10.9. The summed E-state index contributed by atoms with van der Waals surface area (Å²) in [5.41, 5.74) is 1.13. The number of carboxylic acid groups (broad SMARTS) is 1. The summed E-state index contributed by atoms with van der Waals surface area (Å²) < 4.78 is 1.09. The summed E-state index contributed by atoms with van der Waals surface area (Å²) in [6.07, 6.45) is 0.966. The first-order valence-corrected chi connectivity index (χ1v) is 7.47. The Morgan fingerprint density at radius 2 is 2.11 bits per heavy atom. The summed E-state index contributed by atoms with van der Waals surface area (Å²) in [6, 6.07) is 2.06. The monoisotopic (exact) mass is 395 g/mol. The van der Waals surface area contributed by atoms with Crippen LogP contribution in [0.15, 0.2) is 12.3 Å². The molecule has 0 spiro atoms. The summed E-state index contributed by atoms with van der Waals surface area (Å²) in [5, 5.41) is 9.43. The first-order valence-electron chi connectivity index (χ1n) is 6.02. The van der Waals surface area contributed by atoms with Crippen LogP contribution in [0, 0.1) is 3.57 Å². The van der Waals surface area contributed by atoms with Crippen molar-refractivity contribution in [3.63, 3.8) is 0 Å². The van der Waals surface area contributed by atoms with Crippen LogP contribution in [0.4, 0.5) is 4.79 Å². The number of amides is 1. The molecule has 1 saturated heterocycles. The van der Waals surface area contributed by atoms with E-state index in [0.29, 0.717) is 18.2 Å². The number of nitrogens with zero attached hydrogens (tertiary/aromatic N) is 3. The van der Waals surface area contributed by atoms with Gasteiger partial charge in [0, 0.05) is 47.6 Å². The van der Waals surface area contributed by atoms with E-state index < -0.39 is 6.09 Å². The molecule has 0 aliphatic carbocycles. The summed E-state index contributed by atoms with van der Waals surface area (Å²) in [5.74, 6) is 0. The molecule has 2 rings (SSSR count). The average molecular weight is 396 g/mol. The molecule has 104 valence electrons. The quantitative estimate of drug-likeness (QED) is 0.618. The molecular weight excluding hydrogens is 381 g/mol. The summed E-state index contributed by atoms with van der Waals surface area (Å²) in [6.45, 7) is 4.70. The maximum Gasteiger partial charge on any atom is 0.407 e. The molecule has 0 radical (unpaired) electrons. The molecule has 0 bridgehead atoms. The fraction of sp³-hybridized carbons (Fsp3) is 0.500. The first-order chi connectivity index (χ1) is 8.99. The van der Waals surface area contributed by atoms with Gasteiger partial charge in [-0.1, -0.05) is 11.6 Å². The van der Waals surface area contributed by atoms with Crippen molar-refractivity contribution < 1.29 is 9.90 Å². The number of hydrogen-bond acceptors (Lipinski definition) is 3. The minimum absolute atomic E-state index is 0.215. The normalized spacial score (nSPS) is 18.4. The largest absolute Gasteiger partial charge is 0.465 e. The number of carbonyl (C=O) groups is 1. The van der Waals surface area contributed by atoms with Gasteiger partial charge in [-0.05, 0) is 35.6 Å². The summed E-state index contributed by atoms with van der Waals surface area (Å²) in [4.78, 5) is 18.7. The minimum Gasteiger partial charge on any atom is -0.465 e. The van der Waals surface area contributed by atoms with Crippen molar-refractivity contribution in [2.75, 3.05) is 26.2 Å². The van der Waals surface area contributed by atoms with Crippen LogP contribution < -0.4 is 0 Å². The summed E-state index contributed by atoms with van der Waals surface area (Å²) in [7, 11) is 0. The van der Waals surface area contributed by atoms with Gasteiger partial charge in [-0.3, -0.25) is 4.90 Å². The molecule has 0 aromatic carbocycles. The molecule has 1 aromatic heterocycles. The highest BCUT2D eigenvalue weighted by Crippen LogP contribution is 2.26. The predicted octanol–water partition coefficient (Wildman–Crippen LogP) is 2.70. The Bertz CT molecular complexity index is 478. The van der Waals surface area contributed by atoms with Gasteiger partial charge >= 0.3 is 6.09 Å². The fourth-order valence-electron chi connectivity index (χ4n) is 2.22. The van der Waals surface area contributed by atoms with Crippen LogP contribution in [0.5, 0.6) is 0 Å². The number of aromatic nitrogens is 1. The number of hydrogen-bond donors (Lipinski definition) is 1. The van der Waals surface area contributed by atoms with Crippen LogP contribution in [0.25, 0.3) is 0 Å². The van der Waals surface area contributed by atoms with E-state index in [1.54, 1.807) is 6.20 Å². The minimum atomic E-state index is -0.838. The number of piperazine rings is 1. The van der Waals surface area contributed by atoms with E-state index in [9.17, 15) is 4.79 Å². The van der Waals surface area contributed by atoms with Gasteiger partial charge in [0.15, 0.2) is 0 Å². The molecule has 1 fully saturated rings. The molecular formula is C12H15ClIN3O2. The topological polar surface area (TPSA) is 56.7 Å². The standard InChI is InChI=1S/C12H15ClIN3O2/c1-8(9-7-15-11(13)6-10(9)14)16-2-4-17(5-3-16)12(18)19/h6-8H,2-5H2,1H3,(H,18,19). The zero-order chi connectivity index (χ0) is 14.0. The van der Waals surface area contributed by atoms with Gasteiger partial charge in [0.05, 0.1) is 0 Å². The Labute approximate surface area is 130 Å². The molecule has 1 aromatic rings. The molecule has 2 heterocycles. The van der Waals surface area contributed by atoms with E-state index in [2.05, 4.69) is 39.4 Å². The van der Waals surface area contributed by atoms with Gasteiger partial charge in [0.2, 0.25) is 0 Å². The van der Waals surface area contributed by atoms with Crippen molar-refractivity contribution in [1.82, 2.24) is 14.8 Å². The second-order valence-electron chi connectivity index (χ2n) is 4.51. The second kappa shape index (κ2) is 6.23. The molecule has 1 unspecified atom stereocenters. The summed E-state index contributed by atoms with van der Waals surface area (Å²) >= 11 is 8.12. The van der Waals surface area contributed by atoms with Gasteiger partial charge < -0.3 is 10.0 Å². The molecule has 7 heteroatoms. The van der Waals surface area contributed by atoms with Crippen LogP contribution in [-0.2, 0) is 0 Å². The second-order valence-corrected chi connectivity index (χ2v) is 6.06. The Kier molecular flexibility index (Phi) is 4.86. The average Bonchev–Trinajstić information content (AvgIpc) is 2.38. The molecule has 5 nitrogen and oxygen atoms in total. The third-order valence-electron chi connectivity index (χ3n) is 3.43. The Balaban J connectivity index is 2.05. The highest BCUT2D eigenvalue weighted by atomic mass is 127. The smallest absolute Gasteiger partial charge is 0.407 e. The van der Waals surface area contributed by atoms with E-state index in [-0.39, 0.29) is 6.04 Å². The van der Waals surface area contributed by atoms with E-state index in [1.165, 1.54) is 4.90 Å². The molecule has 0 saturated carbocycles. The lowest BCUT2D eigenvalue weighted by molar-refractivity contribution is 0.0886. The zero-order valence-corrected chi connectivity index (χ0v) is 13.4. The van der Waals surface area contributed by atoms with Crippen LogP contribution in [0.3, 0.4) is 0 Å². The van der Waals surface area contributed by atoms with Crippen molar-refractivity contribution in [3.05, 3.63) is 26.5 Å². The van der Waals surface area contributed by atoms with Gasteiger partial charge in [-0.15, -0.1) is 0 Å². The lowest BCUT2D eigenvalue weighted by atomic mass is 10.1. The van der Waals surface area contributed by atoms with Crippen molar-refractivity contribution in [3.8, 4) is 0 Å². The van der Waals surface area contributed by atoms with Crippen LogP contribution >= 0.6 is 34.2 Å². The fourth-order valence-corrected chi connectivity index (χ4v) is 3.45. The van der Waals surface area contributed by atoms with E-state index in [4.69, 9.17) is 16.7 Å². The number of pyridine rings is 1. The Morgan fingerprint density at radius 1 is 1.47 bits per heavy atom. The third kappa shape index (κ3) is 3.49. The van der Waals surface area contributed by atoms with Crippen LogP contribution in [0.2, 0.25) is 5.15 Å². The maximum atomic E-state index is 10.9. The van der Waals surface area contributed by atoms with Gasteiger partial charge in [0.25, 0.3) is 0 Å². The van der Waals surface area contributed by atoms with Crippen molar-refractivity contribution in [1.29, 1.82) is 0 Å². The highest BCUT2D eigenvalue weighted by Gasteiger charge is 2.25. The SMILES string of the molecule is CC(c1cnc(Cl)cc1I)N1CCN(C(=O)O)CC1. The van der Waals surface area contributed by atoms with Crippen molar-refractivity contribution >= 4 is 40.3 Å². The molecule has 1 N–H and O–H groups in total. The third-order valence-corrected chi connectivity index (χ3v) is 4.57. The first kappa shape index (κ1) is 14.8. The molecule has 1 aliphatic rings. The van der Waals surface area contributed by atoms with Gasteiger partial charge in [0.1, 0.15) is 5.15 Å². The predicted molar refractivity (Wildman–Crippen MR) is 81.5 cm³/mol. The van der Waals surface area contributed by atoms with Crippen LogP contribution in [0.1, 0.15) is 18.5 Å². The Hall–Kier alpha value is -0.600. The van der Waals surface area contributed by atoms with Crippen LogP contribution in [-0.4, -0.2) is 52.2 Å². The van der Waals surface area contributed by atoms with E-state index in [0.717, 1.165) is 22.2 Å². The zero-order valence-electron chi connectivity index (χ0n) is 10.5. The van der Waals surface area contributed by atoms with Gasteiger partial charge in [-0.2, -0.15) is 0 Å². The lowest BCUT2D eigenvalue weighted by Gasteiger charge is -2.37. The molecule has 1 aliphatic heterocycles. The molecule has 19 heavy (non-hydrogen) atoms. The molecule has 1 atom stereocenters. The van der Waals surface area contributed by atoms with E-state index in [1.807, 2.05) is 6.07 Å². The van der Waals surface area contributed by atoms with Crippen molar-refractivity contribution in [2.45, 2.75) is 13.0 Å². The number of halogens is 2. The Morgan fingerprint density at radius 3 is 2.63 bits per heavy atom. The number of rotatable bonds is 2. The van der Waals surface area contributed by atoms with Crippen molar-refractivity contribution in [2.24, 2.45) is 0 Å². The van der Waals surface area contributed by atoms with Gasteiger partial charge in [-0.25, -0.2) is 9.78 Å². The van der Waals surface area contributed by atoms with E-state index >= 15 is 0 Å². The molecule has 1 amide bonds. The lowest BCUT2D eigenvalue weighted by Crippen LogP contribution is -2.48.